The molecule has 0 spiro atoms. The maximum atomic E-state index is 12.2. The normalized spacial score (nSPS) is 12.3. The summed E-state index contributed by atoms with van der Waals surface area (Å²) in [4.78, 5) is 38.2. The van der Waals surface area contributed by atoms with Crippen LogP contribution in [0.25, 0.3) is 0 Å². The Balaban J connectivity index is 1.84. The van der Waals surface area contributed by atoms with Gasteiger partial charge < -0.3 is 10.1 Å². The van der Waals surface area contributed by atoms with Crippen LogP contribution in [0, 0.1) is 13.8 Å². The molecule has 10 heteroatoms. The minimum absolute atomic E-state index is 0.000783. The first-order chi connectivity index (χ1) is 13.5. The number of esters is 1. The number of anilines is 1. The number of carbonyl (C=O) groups excluding carboxylic acids is 3. The molecule has 0 aliphatic carbocycles. The second-order valence-corrected chi connectivity index (χ2v) is 9.46. The zero-order valence-corrected chi connectivity index (χ0v) is 17.9. The van der Waals surface area contributed by atoms with E-state index >= 15 is 0 Å². The number of sulfonamides is 1. The highest BCUT2D eigenvalue weighted by molar-refractivity contribution is 7.89. The first-order valence-corrected chi connectivity index (χ1v) is 11.1. The van der Waals surface area contributed by atoms with Gasteiger partial charge in [-0.3, -0.25) is 14.4 Å². The highest BCUT2D eigenvalue weighted by Gasteiger charge is 2.20. The molecule has 1 heterocycles. The minimum Gasteiger partial charge on any atom is -0.453 e. The van der Waals surface area contributed by atoms with Crippen LogP contribution in [0.4, 0.5) is 5.69 Å². The number of nitrogens with two attached hydrogens (primary N) is 1. The summed E-state index contributed by atoms with van der Waals surface area (Å²) >= 11 is 1.52. The monoisotopic (exact) mass is 438 g/mol. The maximum absolute atomic E-state index is 12.2. The lowest BCUT2D eigenvalue weighted by Gasteiger charge is -2.13. The van der Waals surface area contributed by atoms with Gasteiger partial charge in [-0.2, -0.15) is 0 Å². The Labute approximate surface area is 173 Å². The van der Waals surface area contributed by atoms with Gasteiger partial charge in [0.1, 0.15) is 0 Å². The van der Waals surface area contributed by atoms with Crippen LogP contribution in [0.5, 0.6) is 0 Å². The molecule has 29 heavy (non-hydrogen) atoms. The van der Waals surface area contributed by atoms with Crippen molar-refractivity contribution in [2.45, 2.75) is 44.6 Å². The number of primary sulfonamides is 1. The van der Waals surface area contributed by atoms with Crippen LogP contribution in [0.15, 0.2) is 35.2 Å². The molecular weight excluding hydrogens is 416 g/mol. The summed E-state index contributed by atoms with van der Waals surface area (Å²) in [6.07, 6.45) is -1.21. The predicted octanol–water partition coefficient (Wildman–Crippen LogP) is 2.55. The number of ether oxygens (including phenoxy) is 1. The van der Waals surface area contributed by atoms with Gasteiger partial charge in [0.25, 0.3) is 5.91 Å². The van der Waals surface area contributed by atoms with Gasteiger partial charge in [-0.25, -0.2) is 13.6 Å². The van der Waals surface area contributed by atoms with Crippen molar-refractivity contribution < 1.29 is 27.5 Å². The van der Waals surface area contributed by atoms with Crippen molar-refractivity contribution in [3.05, 3.63) is 45.6 Å². The lowest BCUT2D eigenvalue weighted by Crippen LogP contribution is -2.30. The zero-order valence-electron chi connectivity index (χ0n) is 16.2. The summed E-state index contributed by atoms with van der Waals surface area (Å²) in [6.45, 7) is 5.16. The number of carbonyl (C=O) groups is 3. The van der Waals surface area contributed by atoms with E-state index < -0.39 is 28.0 Å². The quantitative estimate of drug-likeness (QED) is 0.481. The molecule has 3 N–H and O–H groups in total. The molecule has 0 fully saturated rings. The summed E-state index contributed by atoms with van der Waals surface area (Å²) < 4.78 is 27.5. The zero-order chi connectivity index (χ0) is 21.8. The molecule has 1 aromatic carbocycles. The van der Waals surface area contributed by atoms with E-state index in [0.717, 1.165) is 9.75 Å². The van der Waals surface area contributed by atoms with Crippen LogP contribution in [0.3, 0.4) is 0 Å². The van der Waals surface area contributed by atoms with Crippen LogP contribution < -0.4 is 10.5 Å². The lowest BCUT2D eigenvalue weighted by atomic mass is 10.1. The van der Waals surface area contributed by atoms with E-state index in [2.05, 4.69) is 5.32 Å². The van der Waals surface area contributed by atoms with E-state index in [1.54, 1.807) is 6.07 Å². The lowest BCUT2D eigenvalue weighted by molar-refractivity contribution is -0.153. The van der Waals surface area contributed by atoms with Gasteiger partial charge in [-0.05, 0) is 51.1 Å². The molecule has 2 aromatic rings. The maximum Gasteiger partial charge on any atom is 0.307 e. The number of Topliss-reactive ketones (excluding diaryl/α,β-unsaturated/α-hetero) is 1. The SMILES string of the molecule is Cc1cc(C(=O)CCC(=O)O[C@H](C)C(=O)Nc2ccc(S(N)(=O)=O)cc2)c(C)s1. The molecule has 8 nitrogen and oxygen atoms in total. The Bertz CT molecular complexity index is 1030. The molecule has 0 unspecified atom stereocenters. The van der Waals surface area contributed by atoms with Crippen LogP contribution in [0.2, 0.25) is 0 Å². The highest BCUT2D eigenvalue weighted by atomic mass is 32.2. The number of ketones is 1. The fourth-order valence-corrected chi connectivity index (χ4v) is 4.00. The fourth-order valence-electron chi connectivity index (χ4n) is 2.54. The number of benzene rings is 1. The minimum atomic E-state index is -3.82. The van der Waals surface area contributed by atoms with Crippen molar-refractivity contribution in [2.24, 2.45) is 5.14 Å². The molecule has 0 saturated heterocycles. The van der Waals surface area contributed by atoms with E-state index in [0.29, 0.717) is 11.3 Å². The average Bonchev–Trinajstić information content (AvgIpc) is 2.97. The molecule has 1 amide bonds. The number of hydrogen-bond donors (Lipinski definition) is 2. The van der Waals surface area contributed by atoms with Gasteiger partial charge >= 0.3 is 5.97 Å². The molecule has 0 aliphatic heterocycles. The number of hydrogen-bond acceptors (Lipinski definition) is 7. The standard InChI is InChI=1S/C19H22N2O6S2/c1-11-10-16(13(3)28-11)17(22)8-9-18(23)27-12(2)19(24)21-14-4-6-15(7-5-14)29(20,25)26/h4-7,10,12H,8-9H2,1-3H3,(H,21,24)(H2,20,25,26)/t12-/m1/s1. The molecule has 2 rings (SSSR count). The Morgan fingerprint density at radius 3 is 2.28 bits per heavy atom. The van der Waals surface area contributed by atoms with Crippen molar-refractivity contribution in [3.63, 3.8) is 0 Å². The number of aryl methyl sites for hydroxylation is 2. The van der Waals surface area contributed by atoms with Gasteiger partial charge in [0.2, 0.25) is 10.0 Å². The van der Waals surface area contributed by atoms with Crippen LogP contribution in [0.1, 0.15) is 39.9 Å². The van der Waals surface area contributed by atoms with Crippen LogP contribution in [-0.4, -0.2) is 32.2 Å². The summed E-state index contributed by atoms with van der Waals surface area (Å²) in [7, 11) is -3.82. The smallest absolute Gasteiger partial charge is 0.307 e. The summed E-state index contributed by atoms with van der Waals surface area (Å²) in [5, 5.41) is 7.52. The van der Waals surface area contributed by atoms with Crippen molar-refractivity contribution in [3.8, 4) is 0 Å². The van der Waals surface area contributed by atoms with Gasteiger partial charge in [-0.15, -0.1) is 11.3 Å². The number of thiophene rings is 1. The fraction of sp³-hybridized carbons (Fsp3) is 0.316. The Morgan fingerprint density at radius 2 is 1.76 bits per heavy atom. The molecule has 1 atom stereocenters. The Hall–Kier alpha value is -2.56. The van der Waals surface area contributed by atoms with Gasteiger partial charge in [0, 0.05) is 27.4 Å². The molecule has 0 saturated carbocycles. The highest BCUT2D eigenvalue weighted by Crippen LogP contribution is 2.22. The second kappa shape index (κ2) is 9.29. The van der Waals surface area contributed by atoms with Crippen LogP contribution in [-0.2, 0) is 24.3 Å². The van der Waals surface area contributed by atoms with E-state index in [9.17, 15) is 22.8 Å². The molecule has 0 aliphatic rings. The predicted molar refractivity (Wildman–Crippen MR) is 109 cm³/mol. The third kappa shape index (κ3) is 6.48. The van der Waals surface area contributed by atoms with Gasteiger partial charge in [-0.1, -0.05) is 0 Å². The largest absolute Gasteiger partial charge is 0.453 e. The number of rotatable bonds is 8. The van der Waals surface area contributed by atoms with Gasteiger partial charge in [0.05, 0.1) is 11.3 Å². The third-order valence-electron chi connectivity index (χ3n) is 4.03. The molecular formula is C19H22N2O6S2. The Kier molecular flexibility index (Phi) is 7.28. The molecule has 1 aromatic heterocycles. The Morgan fingerprint density at radius 1 is 1.14 bits per heavy atom. The first-order valence-electron chi connectivity index (χ1n) is 8.71. The van der Waals surface area contributed by atoms with E-state index in [4.69, 9.17) is 9.88 Å². The average molecular weight is 439 g/mol. The first kappa shape index (κ1) is 22.7. The molecule has 0 radical (unpaired) electrons. The summed E-state index contributed by atoms with van der Waals surface area (Å²) in [5.41, 5.74) is 0.929. The van der Waals surface area contributed by atoms with Crippen molar-refractivity contribution in [1.29, 1.82) is 0 Å². The van der Waals surface area contributed by atoms with Crippen molar-refractivity contribution in [2.75, 3.05) is 5.32 Å². The third-order valence-corrected chi connectivity index (χ3v) is 5.92. The van der Waals surface area contributed by atoms with Crippen LogP contribution >= 0.6 is 11.3 Å². The number of amides is 1. The van der Waals surface area contributed by atoms with E-state index in [1.165, 1.54) is 42.5 Å². The molecule has 0 bridgehead atoms. The summed E-state index contributed by atoms with van der Waals surface area (Å²) in [5.74, 6) is -1.39. The van der Waals surface area contributed by atoms with Crippen molar-refractivity contribution in [1.82, 2.24) is 0 Å². The summed E-state index contributed by atoms with van der Waals surface area (Å²) in [6, 6.07) is 7.04. The number of nitrogens with one attached hydrogen (secondary N) is 1. The molecule has 156 valence electrons. The second-order valence-electron chi connectivity index (χ2n) is 6.44. The van der Waals surface area contributed by atoms with E-state index in [1.807, 2.05) is 13.8 Å². The van der Waals surface area contributed by atoms with Gasteiger partial charge in [0.15, 0.2) is 11.9 Å². The topological polar surface area (TPSA) is 133 Å². The van der Waals surface area contributed by atoms with Crippen molar-refractivity contribution >= 4 is 44.7 Å². The van der Waals surface area contributed by atoms with E-state index in [-0.39, 0.29) is 23.5 Å².